The van der Waals surface area contributed by atoms with E-state index in [1.807, 2.05) is 84.4 Å². The van der Waals surface area contributed by atoms with Crippen LogP contribution in [-0.2, 0) is 20.1 Å². The van der Waals surface area contributed by atoms with Crippen LogP contribution in [0.2, 0.25) is 0 Å². The molecule has 0 atom stereocenters. The van der Waals surface area contributed by atoms with Gasteiger partial charge in [-0.3, -0.25) is 4.79 Å². The van der Waals surface area contributed by atoms with Gasteiger partial charge in [-0.15, -0.1) is 0 Å². The van der Waals surface area contributed by atoms with Crippen LogP contribution in [0, 0.1) is 0 Å². The molecule has 8 nitrogen and oxygen atoms in total. The molecule has 0 unspecified atom stereocenters. The number of carbonyl (C=O) groups is 1. The predicted molar refractivity (Wildman–Crippen MR) is 129 cm³/mol. The summed E-state index contributed by atoms with van der Waals surface area (Å²) in [6.45, 7) is 0.819. The minimum absolute atomic E-state index is 0.195. The highest BCUT2D eigenvalue weighted by molar-refractivity contribution is 5.97. The lowest BCUT2D eigenvalue weighted by Gasteiger charge is -2.22. The van der Waals surface area contributed by atoms with Gasteiger partial charge in [0.15, 0.2) is 29.3 Å². The second kappa shape index (κ2) is 8.64. The van der Waals surface area contributed by atoms with Crippen molar-refractivity contribution in [3.8, 4) is 22.8 Å². The van der Waals surface area contributed by atoms with Gasteiger partial charge in [0.1, 0.15) is 5.82 Å². The van der Waals surface area contributed by atoms with Crippen molar-refractivity contribution in [3.63, 3.8) is 0 Å². The first-order chi connectivity index (χ1) is 17.2. The average Bonchev–Trinajstić information content (AvgIpc) is 3.63. The average molecular weight is 466 g/mol. The fraction of sp³-hybridized carbons (Fsp3) is 0.148. The Kier molecular flexibility index (Phi) is 5.18. The van der Waals surface area contributed by atoms with Crippen molar-refractivity contribution in [1.82, 2.24) is 19.4 Å². The Hall–Kier alpha value is -4.59. The maximum absolute atomic E-state index is 13.9. The van der Waals surface area contributed by atoms with E-state index in [1.54, 1.807) is 4.90 Å². The summed E-state index contributed by atoms with van der Waals surface area (Å²) >= 11 is 0. The van der Waals surface area contributed by atoms with E-state index in [2.05, 4.69) is 4.98 Å². The lowest BCUT2D eigenvalue weighted by molar-refractivity contribution is 0.0719. The molecule has 3 aromatic carbocycles. The molecule has 3 heterocycles. The number of imidazole rings is 1. The Morgan fingerprint density at radius 3 is 2.63 bits per heavy atom. The van der Waals surface area contributed by atoms with Crippen LogP contribution >= 0.6 is 0 Å². The molecule has 0 spiro atoms. The van der Waals surface area contributed by atoms with Crippen molar-refractivity contribution in [2.24, 2.45) is 7.05 Å². The summed E-state index contributed by atoms with van der Waals surface area (Å²) in [5, 5.41) is 0. The number of oxazole rings is 1. The van der Waals surface area contributed by atoms with Crippen LogP contribution in [0.15, 0.2) is 83.6 Å². The van der Waals surface area contributed by atoms with Crippen LogP contribution < -0.4 is 9.47 Å². The normalized spacial score (nSPS) is 12.3. The zero-order chi connectivity index (χ0) is 23.8. The van der Waals surface area contributed by atoms with Gasteiger partial charge in [-0.05, 0) is 29.8 Å². The first-order valence-electron chi connectivity index (χ1n) is 11.2. The van der Waals surface area contributed by atoms with Crippen LogP contribution in [0.25, 0.3) is 22.4 Å². The molecule has 0 aliphatic carbocycles. The molecule has 8 heteroatoms. The van der Waals surface area contributed by atoms with Gasteiger partial charge in [-0.25, -0.2) is 9.97 Å². The Balaban J connectivity index is 1.38. The third-order valence-electron chi connectivity index (χ3n) is 6.12. The van der Waals surface area contributed by atoms with Crippen LogP contribution in [0.3, 0.4) is 0 Å². The van der Waals surface area contributed by atoms with Gasteiger partial charge in [0.05, 0.1) is 17.6 Å². The third-order valence-corrected chi connectivity index (χ3v) is 6.12. The minimum Gasteiger partial charge on any atom is -0.454 e. The molecular formula is C27H22N4O4. The molecule has 0 saturated carbocycles. The van der Waals surface area contributed by atoms with Crippen molar-refractivity contribution < 1.29 is 18.7 Å². The molecule has 0 bridgehead atoms. The standard InChI is InChI=1S/C27H22N4O4/c1-30-21-10-6-5-9-20(21)29-24(30)15-31(14-18-11-12-22-23(13-18)35-17-34-22)27(32)25-26(33-16-28-25)19-7-3-2-4-8-19/h2-13,16H,14-15,17H2,1H3. The fourth-order valence-electron chi connectivity index (χ4n) is 4.31. The van der Waals surface area contributed by atoms with Gasteiger partial charge in [0.2, 0.25) is 6.79 Å². The summed E-state index contributed by atoms with van der Waals surface area (Å²) in [4.78, 5) is 24.7. The molecular weight excluding hydrogens is 444 g/mol. The number of benzene rings is 3. The van der Waals surface area contributed by atoms with Gasteiger partial charge in [-0.1, -0.05) is 48.5 Å². The fourth-order valence-corrected chi connectivity index (χ4v) is 4.31. The summed E-state index contributed by atoms with van der Waals surface area (Å²) in [6, 6.07) is 23.1. The molecule has 6 rings (SSSR count). The van der Waals surface area contributed by atoms with Crippen LogP contribution in [0.5, 0.6) is 11.5 Å². The first-order valence-corrected chi connectivity index (χ1v) is 11.2. The van der Waals surface area contributed by atoms with E-state index < -0.39 is 0 Å². The molecule has 174 valence electrons. The van der Waals surface area contributed by atoms with E-state index >= 15 is 0 Å². The van der Waals surface area contributed by atoms with E-state index in [0.29, 0.717) is 30.3 Å². The maximum Gasteiger partial charge on any atom is 0.277 e. The molecule has 0 N–H and O–H groups in total. The number of hydrogen-bond donors (Lipinski definition) is 0. The Bertz CT molecular complexity index is 1520. The van der Waals surface area contributed by atoms with Gasteiger partial charge in [0.25, 0.3) is 5.91 Å². The SMILES string of the molecule is Cn1c(CN(Cc2ccc3c(c2)OCO3)C(=O)c2ncoc2-c2ccccc2)nc2ccccc21. The summed E-state index contributed by atoms with van der Waals surface area (Å²) in [7, 11) is 1.96. The maximum atomic E-state index is 13.9. The quantitative estimate of drug-likeness (QED) is 0.358. The number of aryl methyl sites for hydroxylation is 1. The van der Waals surface area contributed by atoms with Crippen molar-refractivity contribution in [1.29, 1.82) is 0 Å². The zero-order valence-electron chi connectivity index (χ0n) is 19.0. The molecule has 1 aliphatic rings. The number of ether oxygens (including phenoxy) is 2. The van der Waals surface area contributed by atoms with Crippen molar-refractivity contribution >= 4 is 16.9 Å². The molecule has 1 aliphatic heterocycles. The van der Waals surface area contributed by atoms with E-state index in [9.17, 15) is 4.79 Å². The highest BCUT2D eigenvalue weighted by Crippen LogP contribution is 2.33. The lowest BCUT2D eigenvalue weighted by Crippen LogP contribution is -2.31. The molecule has 0 radical (unpaired) electrons. The van der Waals surface area contributed by atoms with Crippen molar-refractivity contribution in [2.45, 2.75) is 13.1 Å². The van der Waals surface area contributed by atoms with Crippen LogP contribution in [0.1, 0.15) is 21.9 Å². The highest BCUT2D eigenvalue weighted by Gasteiger charge is 2.26. The van der Waals surface area contributed by atoms with Crippen molar-refractivity contribution in [2.75, 3.05) is 6.79 Å². The van der Waals surface area contributed by atoms with Crippen LogP contribution in [0.4, 0.5) is 0 Å². The summed E-state index contributed by atoms with van der Waals surface area (Å²) in [5.41, 5.74) is 3.84. The van der Waals surface area contributed by atoms with Gasteiger partial charge < -0.3 is 23.4 Å². The highest BCUT2D eigenvalue weighted by atomic mass is 16.7. The number of fused-ring (bicyclic) bond motifs is 2. The lowest BCUT2D eigenvalue weighted by atomic mass is 10.1. The van der Waals surface area contributed by atoms with Crippen LogP contribution in [-0.4, -0.2) is 32.1 Å². The van der Waals surface area contributed by atoms with E-state index in [1.165, 1.54) is 6.39 Å². The molecule has 2 aromatic heterocycles. The topological polar surface area (TPSA) is 82.6 Å². The Morgan fingerprint density at radius 1 is 0.971 bits per heavy atom. The van der Waals surface area contributed by atoms with Gasteiger partial charge >= 0.3 is 0 Å². The number of amides is 1. The first kappa shape index (κ1) is 21.0. The molecule has 0 fully saturated rings. The van der Waals surface area contributed by atoms with E-state index in [0.717, 1.165) is 28.0 Å². The number of carbonyl (C=O) groups excluding carboxylic acids is 1. The summed E-state index contributed by atoms with van der Waals surface area (Å²) in [6.07, 6.45) is 1.31. The van der Waals surface area contributed by atoms with E-state index in [-0.39, 0.29) is 18.4 Å². The number of rotatable bonds is 6. The summed E-state index contributed by atoms with van der Waals surface area (Å²) < 4.78 is 18.6. The minimum atomic E-state index is -0.248. The Morgan fingerprint density at radius 2 is 1.77 bits per heavy atom. The Labute approximate surface area is 201 Å². The zero-order valence-corrected chi connectivity index (χ0v) is 19.0. The largest absolute Gasteiger partial charge is 0.454 e. The molecule has 35 heavy (non-hydrogen) atoms. The number of aromatic nitrogens is 3. The molecule has 1 amide bonds. The second-order valence-corrected chi connectivity index (χ2v) is 8.32. The number of nitrogens with zero attached hydrogens (tertiary/aromatic N) is 4. The third kappa shape index (κ3) is 3.89. The number of para-hydroxylation sites is 2. The molecule has 0 saturated heterocycles. The summed E-state index contributed by atoms with van der Waals surface area (Å²) in [5.74, 6) is 2.33. The molecule has 5 aromatic rings. The van der Waals surface area contributed by atoms with Gasteiger partial charge in [0, 0.05) is 19.2 Å². The smallest absolute Gasteiger partial charge is 0.277 e. The predicted octanol–water partition coefficient (Wildman–Crippen LogP) is 4.80. The second-order valence-electron chi connectivity index (χ2n) is 8.32. The van der Waals surface area contributed by atoms with Gasteiger partial charge in [-0.2, -0.15) is 0 Å². The van der Waals surface area contributed by atoms with E-state index in [4.69, 9.17) is 18.9 Å². The number of hydrogen-bond acceptors (Lipinski definition) is 6. The monoisotopic (exact) mass is 466 g/mol. The van der Waals surface area contributed by atoms with Crippen molar-refractivity contribution in [3.05, 3.63) is 96.3 Å².